The Bertz CT molecular complexity index is 678. The molecule has 1 N–H and O–H groups in total. The molecule has 7 nitrogen and oxygen atoms in total. The minimum absolute atomic E-state index is 0.0395. The lowest BCUT2D eigenvalue weighted by atomic mass is 10.1. The zero-order valence-corrected chi connectivity index (χ0v) is 14.7. The number of benzene rings is 1. The van der Waals surface area contributed by atoms with E-state index in [4.69, 9.17) is 4.74 Å². The second kappa shape index (κ2) is 6.93. The molecule has 25 heavy (non-hydrogen) atoms. The van der Waals surface area contributed by atoms with Crippen LogP contribution in [-0.4, -0.2) is 54.0 Å². The number of carbonyl (C=O) groups is 3. The van der Waals surface area contributed by atoms with Gasteiger partial charge in [0, 0.05) is 25.7 Å². The Kier molecular flexibility index (Phi) is 4.87. The number of hydrogen-bond acceptors (Lipinski definition) is 5. The highest BCUT2D eigenvalue weighted by molar-refractivity contribution is 6.22. The minimum atomic E-state index is -0.434. The van der Waals surface area contributed by atoms with E-state index in [-0.39, 0.29) is 36.4 Å². The van der Waals surface area contributed by atoms with Crippen molar-refractivity contribution in [3.05, 3.63) is 24.3 Å². The summed E-state index contributed by atoms with van der Waals surface area (Å²) >= 11 is 0. The first-order chi connectivity index (χ1) is 11.8. The molecule has 2 fully saturated rings. The van der Waals surface area contributed by atoms with Gasteiger partial charge in [0.05, 0.1) is 30.4 Å². The van der Waals surface area contributed by atoms with Gasteiger partial charge in [0.15, 0.2) is 0 Å². The molecule has 0 saturated carbocycles. The maximum atomic E-state index is 12.8. The molecule has 134 valence electrons. The number of anilines is 2. The second-order valence-electron chi connectivity index (χ2n) is 6.73. The van der Waals surface area contributed by atoms with E-state index in [2.05, 4.69) is 5.32 Å². The smallest absolute Gasteiger partial charge is 0.251 e. The van der Waals surface area contributed by atoms with Crippen molar-refractivity contribution in [1.82, 2.24) is 4.90 Å². The molecule has 3 amide bonds. The third-order valence-electron chi connectivity index (χ3n) is 4.46. The van der Waals surface area contributed by atoms with Gasteiger partial charge >= 0.3 is 0 Å². The third kappa shape index (κ3) is 3.72. The molecule has 0 radical (unpaired) electrons. The molecule has 1 aromatic rings. The summed E-state index contributed by atoms with van der Waals surface area (Å²) in [6.07, 6.45) is 0.265. The lowest BCUT2D eigenvalue weighted by molar-refractivity contribution is -0.127. The quantitative estimate of drug-likeness (QED) is 0.838. The SMILES string of the molecule is CC(=O)Nc1ccc(N2C(=O)C[C@H](N3C[C@@H](C)O[C@@H](C)C3)C2=O)cc1. The third-order valence-corrected chi connectivity index (χ3v) is 4.46. The fourth-order valence-electron chi connectivity index (χ4n) is 3.54. The molecule has 0 aliphatic carbocycles. The predicted octanol–water partition coefficient (Wildman–Crippen LogP) is 1.39. The fraction of sp³-hybridized carbons (Fsp3) is 0.500. The lowest BCUT2D eigenvalue weighted by Gasteiger charge is -2.37. The summed E-state index contributed by atoms with van der Waals surface area (Å²) in [5.41, 5.74) is 1.16. The first-order valence-corrected chi connectivity index (χ1v) is 8.49. The van der Waals surface area contributed by atoms with Crippen LogP contribution in [0.15, 0.2) is 24.3 Å². The monoisotopic (exact) mass is 345 g/mol. The van der Waals surface area contributed by atoms with Crippen LogP contribution in [0.25, 0.3) is 0 Å². The summed E-state index contributed by atoms with van der Waals surface area (Å²) in [6, 6.07) is 6.28. The molecular weight excluding hydrogens is 322 g/mol. The van der Waals surface area contributed by atoms with Gasteiger partial charge in [0.25, 0.3) is 5.91 Å². The van der Waals surface area contributed by atoms with Gasteiger partial charge in [-0.3, -0.25) is 19.3 Å². The molecule has 2 heterocycles. The highest BCUT2D eigenvalue weighted by atomic mass is 16.5. The van der Waals surface area contributed by atoms with Crippen LogP contribution in [0.4, 0.5) is 11.4 Å². The molecule has 3 rings (SSSR count). The summed E-state index contributed by atoms with van der Waals surface area (Å²) in [7, 11) is 0. The first-order valence-electron chi connectivity index (χ1n) is 8.49. The van der Waals surface area contributed by atoms with Gasteiger partial charge in [-0.25, -0.2) is 4.90 Å². The number of rotatable bonds is 3. The molecule has 7 heteroatoms. The standard InChI is InChI=1S/C18H23N3O4/c1-11-9-20(10-12(2)25-11)16-8-17(23)21(18(16)24)15-6-4-14(5-7-15)19-13(3)22/h4-7,11-12,16H,8-10H2,1-3H3,(H,19,22)/t11-,12+,16-/m0/s1. The van der Waals surface area contributed by atoms with Crippen LogP contribution in [0.3, 0.4) is 0 Å². The number of imide groups is 1. The van der Waals surface area contributed by atoms with Crippen molar-refractivity contribution in [3.63, 3.8) is 0 Å². The summed E-state index contributed by atoms with van der Waals surface area (Å²) < 4.78 is 5.71. The minimum Gasteiger partial charge on any atom is -0.373 e. The van der Waals surface area contributed by atoms with Crippen molar-refractivity contribution in [2.75, 3.05) is 23.3 Å². The van der Waals surface area contributed by atoms with Gasteiger partial charge in [-0.15, -0.1) is 0 Å². The average Bonchev–Trinajstić information content (AvgIpc) is 2.82. The number of nitrogens with one attached hydrogen (secondary N) is 1. The summed E-state index contributed by atoms with van der Waals surface area (Å²) in [6.45, 7) is 6.66. The number of nitrogens with zero attached hydrogens (tertiary/aromatic N) is 2. The molecule has 2 saturated heterocycles. The molecule has 2 aliphatic heterocycles. The van der Waals surface area contributed by atoms with E-state index in [1.54, 1.807) is 24.3 Å². The normalized spacial score (nSPS) is 27.6. The van der Waals surface area contributed by atoms with Crippen molar-refractivity contribution in [3.8, 4) is 0 Å². The molecule has 0 unspecified atom stereocenters. The van der Waals surface area contributed by atoms with Crippen LogP contribution in [-0.2, 0) is 19.1 Å². The maximum Gasteiger partial charge on any atom is 0.251 e. The number of hydrogen-bond donors (Lipinski definition) is 1. The van der Waals surface area contributed by atoms with Gasteiger partial charge in [-0.05, 0) is 38.1 Å². The van der Waals surface area contributed by atoms with Gasteiger partial charge in [-0.2, -0.15) is 0 Å². The molecule has 3 atom stereocenters. The number of morpholine rings is 1. The first kappa shape index (κ1) is 17.6. The summed E-state index contributed by atoms with van der Waals surface area (Å²) in [5, 5.41) is 2.67. The summed E-state index contributed by atoms with van der Waals surface area (Å²) in [4.78, 5) is 39.7. The molecule has 0 bridgehead atoms. The van der Waals surface area contributed by atoms with Crippen LogP contribution in [0.5, 0.6) is 0 Å². The maximum absolute atomic E-state index is 12.8. The predicted molar refractivity (Wildman–Crippen MR) is 93.2 cm³/mol. The topological polar surface area (TPSA) is 79.0 Å². The number of amides is 3. The van der Waals surface area contributed by atoms with E-state index in [1.807, 2.05) is 18.7 Å². The Morgan fingerprint density at radius 3 is 2.28 bits per heavy atom. The Hall–Kier alpha value is -2.25. The Morgan fingerprint density at radius 2 is 1.72 bits per heavy atom. The highest BCUT2D eigenvalue weighted by Crippen LogP contribution is 2.28. The molecule has 0 spiro atoms. The van der Waals surface area contributed by atoms with E-state index in [0.29, 0.717) is 24.5 Å². The van der Waals surface area contributed by atoms with Crippen LogP contribution in [0.1, 0.15) is 27.2 Å². The molecule has 1 aromatic carbocycles. The Labute approximate surface area is 146 Å². The van der Waals surface area contributed by atoms with Crippen LogP contribution in [0.2, 0.25) is 0 Å². The van der Waals surface area contributed by atoms with E-state index in [9.17, 15) is 14.4 Å². The van der Waals surface area contributed by atoms with E-state index >= 15 is 0 Å². The van der Waals surface area contributed by atoms with Crippen molar-refractivity contribution < 1.29 is 19.1 Å². The number of carbonyl (C=O) groups excluding carboxylic acids is 3. The molecular formula is C18H23N3O4. The van der Waals surface area contributed by atoms with Gasteiger partial charge in [-0.1, -0.05) is 0 Å². The van der Waals surface area contributed by atoms with E-state index < -0.39 is 6.04 Å². The van der Waals surface area contributed by atoms with Crippen LogP contribution >= 0.6 is 0 Å². The summed E-state index contributed by atoms with van der Waals surface area (Å²) in [5.74, 6) is -0.565. The average molecular weight is 345 g/mol. The van der Waals surface area contributed by atoms with E-state index in [0.717, 1.165) is 0 Å². The zero-order chi connectivity index (χ0) is 18.1. The number of ether oxygens (including phenoxy) is 1. The van der Waals surface area contributed by atoms with E-state index in [1.165, 1.54) is 11.8 Å². The highest BCUT2D eigenvalue weighted by Gasteiger charge is 2.44. The lowest BCUT2D eigenvalue weighted by Crippen LogP contribution is -2.52. The van der Waals surface area contributed by atoms with Crippen molar-refractivity contribution >= 4 is 29.1 Å². The van der Waals surface area contributed by atoms with Gasteiger partial charge in [0.2, 0.25) is 11.8 Å². The van der Waals surface area contributed by atoms with Crippen LogP contribution in [0, 0.1) is 0 Å². The van der Waals surface area contributed by atoms with Crippen molar-refractivity contribution in [1.29, 1.82) is 0 Å². The zero-order valence-electron chi connectivity index (χ0n) is 14.7. The fourth-order valence-corrected chi connectivity index (χ4v) is 3.54. The van der Waals surface area contributed by atoms with Crippen LogP contribution < -0.4 is 10.2 Å². The van der Waals surface area contributed by atoms with Gasteiger partial charge < -0.3 is 10.1 Å². The second-order valence-corrected chi connectivity index (χ2v) is 6.73. The van der Waals surface area contributed by atoms with Crippen molar-refractivity contribution in [2.45, 2.75) is 45.4 Å². The van der Waals surface area contributed by atoms with Gasteiger partial charge in [0.1, 0.15) is 0 Å². The Balaban J connectivity index is 1.76. The largest absolute Gasteiger partial charge is 0.373 e. The molecule has 2 aliphatic rings. The Morgan fingerprint density at radius 1 is 1.12 bits per heavy atom. The molecule has 0 aromatic heterocycles. The van der Waals surface area contributed by atoms with Crippen molar-refractivity contribution in [2.24, 2.45) is 0 Å².